The van der Waals surface area contributed by atoms with Crippen molar-refractivity contribution in [1.82, 2.24) is 19.9 Å². The molecule has 56 heavy (non-hydrogen) atoms. The predicted molar refractivity (Wildman–Crippen MR) is 225 cm³/mol. The molecule has 0 atom stereocenters. The van der Waals surface area contributed by atoms with E-state index in [-0.39, 0.29) is 0 Å². The van der Waals surface area contributed by atoms with E-state index in [0.29, 0.717) is 34.5 Å². The second-order valence-electron chi connectivity index (χ2n) is 13.8. The van der Waals surface area contributed by atoms with Crippen molar-refractivity contribution in [2.75, 3.05) is 0 Å². The Labute approximate surface area is 321 Å². The zero-order valence-electron chi connectivity index (χ0n) is 29.9. The molecule has 11 rings (SSSR count). The van der Waals surface area contributed by atoms with Crippen molar-refractivity contribution in [2.45, 2.75) is 0 Å². The summed E-state index contributed by atoms with van der Waals surface area (Å²) in [5.74, 6) is 2.21. The molecule has 0 bridgehead atoms. The van der Waals surface area contributed by atoms with Gasteiger partial charge in [0.15, 0.2) is 23.1 Å². The number of benzene rings is 8. The van der Waals surface area contributed by atoms with Crippen LogP contribution < -0.4 is 0 Å². The van der Waals surface area contributed by atoms with Crippen molar-refractivity contribution in [3.63, 3.8) is 0 Å². The van der Waals surface area contributed by atoms with Crippen LogP contribution in [0.4, 0.5) is 0 Å². The van der Waals surface area contributed by atoms with Crippen LogP contribution in [0.2, 0.25) is 0 Å². The summed E-state index contributed by atoms with van der Waals surface area (Å²) >= 11 is 0. The summed E-state index contributed by atoms with van der Waals surface area (Å²) in [5, 5.41) is 3.78. The lowest BCUT2D eigenvalue weighted by Gasteiger charge is -2.13. The van der Waals surface area contributed by atoms with E-state index in [0.717, 1.165) is 77.2 Å². The molecule has 0 N–H and O–H groups in total. The van der Waals surface area contributed by atoms with Crippen molar-refractivity contribution < 1.29 is 8.83 Å². The quantitative estimate of drug-likeness (QED) is 0.170. The summed E-state index contributed by atoms with van der Waals surface area (Å²) in [4.78, 5) is 20.6. The van der Waals surface area contributed by atoms with Gasteiger partial charge in [0, 0.05) is 38.4 Å². The summed E-state index contributed by atoms with van der Waals surface area (Å²) in [6.45, 7) is 0. The van der Waals surface area contributed by atoms with Gasteiger partial charge in [-0.05, 0) is 76.2 Å². The zero-order chi connectivity index (χ0) is 37.0. The van der Waals surface area contributed by atoms with Crippen molar-refractivity contribution in [3.05, 3.63) is 182 Å². The fraction of sp³-hybridized carbons (Fsp3) is 0. The maximum Gasteiger partial charge on any atom is 0.227 e. The third kappa shape index (κ3) is 5.43. The molecule has 0 spiro atoms. The standard InChI is InChI=1S/C50H30N4O2/c1-5-15-31(16-6-1)35-27-36(32-17-7-2-8-18-32)29-37(28-35)48-52-47(33-19-9-3-10-20-33)53-49(54-48)40-30-43-44(39-23-13-14-24-42(39)55-43)45-38(40)25-26-41-46(45)56-50(51-41)34-21-11-4-12-22-34/h1-30H. The molecule has 0 saturated heterocycles. The van der Waals surface area contributed by atoms with E-state index >= 15 is 0 Å². The predicted octanol–water partition coefficient (Wildman–Crippen LogP) is 13.1. The van der Waals surface area contributed by atoms with Crippen molar-refractivity contribution in [2.24, 2.45) is 0 Å². The second-order valence-corrected chi connectivity index (χ2v) is 13.8. The molecule has 0 saturated carbocycles. The number of hydrogen-bond acceptors (Lipinski definition) is 6. The van der Waals surface area contributed by atoms with Gasteiger partial charge in [-0.25, -0.2) is 19.9 Å². The first-order chi connectivity index (χ1) is 27.7. The Morgan fingerprint density at radius 1 is 0.321 bits per heavy atom. The maximum atomic E-state index is 6.68. The Kier molecular flexibility index (Phi) is 7.38. The lowest BCUT2D eigenvalue weighted by Crippen LogP contribution is -2.01. The third-order valence-electron chi connectivity index (χ3n) is 10.3. The highest BCUT2D eigenvalue weighted by Crippen LogP contribution is 2.44. The monoisotopic (exact) mass is 718 g/mol. The molecule has 3 heterocycles. The Morgan fingerprint density at radius 3 is 1.52 bits per heavy atom. The van der Waals surface area contributed by atoms with Crippen LogP contribution in [0.3, 0.4) is 0 Å². The number of nitrogens with zero attached hydrogens (tertiary/aromatic N) is 4. The van der Waals surface area contributed by atoms with Gasteiger partial charge >= 0.3 is 0 Å². The molecule has 0 aliphatic carbocycles. The first-order valence-electron chi connectivity index (χ1n) is 18.5. The molecule has 8 aromatic carbocycles. The van der Waals surface area contributed by atoms with Crippen molar-refractivity contribution in [3.8, 4) is 67.9 Å². The number of oxazole rings is 1. The normalized spacial score (nSPS) is 11.6. The molecular formula is C50H30N4O2. The average Bonchev–Trinajstić information content (AvgIpc) is 3.89. The van der Waals surface area contributed by atoms with Crippen LogP contribution in [0.5, 0.6) is 0 Å². The number of hydrogen-bond donors (Lipinski definition) is 0. The highest BCUT2D eigenvalue weighted by molar-refractivity contribution is 6.27. The Bertz CT molecular complexity index is 3170. The second kappa shape index (κ2) is 13.0. The topological polar surface area (TPSA) is 77.8 Å². The number of rotatable bonds is 6. The first kappa shape index (κ1) is 31.8. The van der Waals surface area contributed by atoms with Crippen LogP contribution in [-0.4, -0.2) is 19.9 Å². The van der Waals surface area contributed by atoms with Gasteiger partial charge in [0.2, 0.25) is 5.89 Å². The summed E-state index contributed by atoms with van der Waals surface area (Å²) in [6.07, 6.45) is 0. The van der Waals surface area contributed by atoms with E-state index < -0.39 is 0 Å². The Hall–Kier alpha value is -7.70. The minimum absolute atomic E-state index is 0.523. The van der Waals surface area contributed by atoms with Crippen LogP contribution in [0.15, 0.2) is 191 Å². The van der Waals surface area contributed by atoms with E-state index in [2.05, 4.69) is 84.9 Å². The number of para-hydroxylation sites is 1. The van der Waals surface area contributed by atoms with Crippen LogP contribution in [0.25, 0.3) is 112 Å². The number of fused-ring (bicyclic) bond motifs is 7. The summed E-state index contributed by atoms with van der Waals surface area (Å²) in [7, 11) is 0. The van der Waals surface area contributed by atoms with Gasteiger partial charge in [-0.1, -0.05) is 133 Å². The molecule has 0 fully saturated rings. The van der Waals surface area contributed by atoms with Gasteiger partial charge in [0.25, 0.3) is 0 Å². The molecule has 6 nitrogen and oxygen atoms in total. The van der Waals surface area contributed by atoms with E-state index in [1.165, 1.54) is 0 Å². The molecule has 0 unspecified atom stereocenters. The molecule has 0 aliphatic rings. The van der Waals surface area contributed by atoms with Gasteiger partial charge in [-0.15, -0.1) is 0 Å². The van der Waals surface area contributed by atoms with Gasteiger partial charge in [-0.2, -0.15) is 0 Å². The zero-order valence-corrected chi connectivity index (χ0v) is 29.9. The summed E-state index contributed by atoms with van der Waals surface area (Å²) < 4.78 is 13.3. The minimum atomic E-state index is 0.523. The third-order valence-corrected chi connectivity index (χ3v) is 10.3. The van der Waals surface area contributed by atoms with Crippen LogP contribution >= 0.6 is 0 Å². The average molecular weight is 719 g/mol. The molecule has 262 valence electrons. The minimum Gasteiger partial charge on any atom is -0.456 e. The largest absolute Gasteiger partial charge is 0.456 e. The van der Waals surface area contributed by atoms with E-state index in [4.69, 9.17) is 28.8 Å². The first-order valence-corrected chi connectivity index (χ1v) is 18.5. The molecule has 0 aliphatic heterocycles. The highest BCUT2D eigenvalue weighted by atomic mass is 16.3. The summed E-state index contributed by atoms with van der Waals surface area (Å²) in [5.41, 5.74) is 10.8. The molecule has 11 aromatic rings. The molecule has 0 amide bonds. The highest BCUT2D eigenvalue weighted by Gasteiger charge is 2.23. The number of aromatic nitrogens is 4. The fourth-order valence-electron chi connectivity index (χ4n) is 7.68. The lowest BCUT2D eigenvalue weighted by atomic mass is 9.95. The van der Waals surface area contributed by atoms with E-state index in [9.17, 15) is 0 Å². The SMILES string of the molecule is c1ccc(-c2cc(-c3ccccc3)cc(-c3nc(-c4ccccc4)nc(-c4cc5oc6ccccc6c5c5c4ccc4nc(-c6ccccc6)oc45)n3)c2)cc1. The van der Waals surface area contributed by atoms with Gasteiger partial charge in [-0.3, -0.25) is 0 Å². The van der Waals surface area contributed by atoms with E-state index in [1.807, 2.05) is 97.1 Å². The van der Waals surface area contributed by atoms with Crippen molar-refractivity contribution >= 4 is 43.8 Å². The van der Waals surface area contributed by atoms with Gasteiger partial charge in [0.05, 0.1) is 0 Å². The fourth-order valence-corrected chi connectivity index (χ4v) is 7.68. The van der Waals surface area contributed by atoms with Gasteiger partial charge in [0.1, 0.15) is 16.7 Å². The van der Waals surface area contributed by atoms with E-state index in [1.54, 1.807) is 0 Å². The van der Waals surface area contributed by atoms with Crippen molar-refractivity contribution in [1.29, 1.82) is 0 Å². The lowest BCUT2D eigenvalue weighted by molar-refractivity contribution is 0.623. The van der Waals surface area contributed by atoms with Crippen LogP contribution in [0, 0.1) is 0 Å². The van der Waals surface area contributed by atoms with Crippen LogP contribution in [0.1, 0.15) is 0 Å². The molecular weight excluding hydrogens is 689 g/mol. The number of furan rings is 1. The smallest absolute Gasteiger partial charge is 0.227 e. The van der Waals surface area contributed by atoms with Crippen LogP contribution in [-0.2, 0) is 0 Å². The molecule has 6 heteroatoms. The van der Waals surface area contributed by atoms with Gasteiger partial charge < -0.3 is 8.83 Å². The molecule has 0 radical (unpaired) electrons. The Balaban J connectivity index is 1.20. The maximum absolute atomic E-state index is 6.68. The molecule has 3 aromatic heterocycles. The summed E-state index contributed by atoms with van der Waals surface area (Å²) in [6, 6.07) is 61.7. The Morgan fingerprint density at radius 2 is 0.857 bits per heavy atom.